The fraction of sp³-hybridized carbons (Fsp3) is 0.458. The second-order valence-corrected chi connectivity index (χ2v) is 8.81. The van der Waals surface area contributed by atoms with E-state index in [9.17, 15) is 4.79 Å². The molecule has 168 valence electrons. The highest BCUT2D eigenvalue weighted by Gasteiger charge is 2.37. The van der Waals surface area contributed by atoms with E-state index in [0.29, 0.717) is 18.7 Å². The summed E-state index contributed by atoms with van der Waals surface area (Å²) in [6, 6.07) is 10.1. The number of ether oxygens (including phenoxy) is 2. The molecule has 0 spiro atoms. The Labute approximate surface area is 187 Å². The first-order chi connectivity index (χ1) is 15.5. The maximum absolute atomic E-state index is 13.1. The fourth-order valence-corrected chi connectivity index (χ4v) is 4.88. The molecule has 1 aromatic carbocycles. The predicted molar refractivity (Wildman–Crippen MR) is 125 cm³/mol. The molecule has 0 amide bonds. The molecule has 2 aromatic heterocycles. The zero-order valence-electron chi connectivity index (χ0n) is 18.7. The number of aromatic nitrogens is 3. The van der Waals surface area contributed by atoms with Crippen molar-refractivity contribution >= 4 is 22.5 Å². The van der Waals surface area contributed by atoms with Crippen molar-refractivity contribution < 1.29 is 9.47 Å². The number of pyridine rings is 1. The molecule has 1 N–H and O–H groups in total. The largest absolute Gasteiger partial charge is 0.497 e. The Kier molecular flexibility index (Phi) is 5.46. The number of benzene rings is 1. The first-order valence-corrected chi connectivity index (χ1v) is 11.2. The van der Waals surface area contributed by atoms with Crippen LogP contribution in [-0.4, -0.2) is 54.0 Å². The summed E-state index contributed by atoms with van der Waals surface area (Å²) in [4.78, 5) is 24.5. The lowest BCUT2D eigenvalue weighted by Gasteiger charge is -2.28. The van der Waals surface area contributed by atoms with Crippen molar-refractivity contribution in [3.8, 4) is 5.75 Å². The van der Waals surface area contributed by atoms with Crippen LogP contribution in [0.1, 0.15) is 25.5 Å². The lowest BCUT2D eigenvalue weighted by molar-refractivity contribution is 0.122. The molecule has 3 aromatic rings. The molecular formula is C24H29N5O3. The standard InChI is InChI=1S/C24H29N5O3/c1-15(2)22-20(12-16-4-6-18(31-3)7-5-16)26-23-21-19(27-24(30)29(22)23)13-17(14-25-21)28-8-10-32-11-9-28/h4-7,13-15,20,22,26H,8-12H2,1-3H3. The van der Waals surface area contributed by atoms with E-state index in [4.69, 9.17) is 14.5 Å². The summed E-state index contributed by atoms with van der Waals surface area (Å²) in [5.74, 6) is 1.87. The Morgan fingerprint density at radius 2 is 1.97 bits per heavy atom. The van der Waals surface area contributed by atoms with Gasteiger partial charge in [0, 0.05) is 13.1 Å². The lowest BCUT2D eigenvalue weighted by atomic mass is 9.92. The second-order valence-electron chi connectivity index (χ2n) is 8.81. The molecule has 8 heteroatoms. The van der Waals surface area contributed by atoms with Crippen LogP contribution in [0.15, 0.2) is 41.3 Å². The summed E-state index contributed by atoms with van der Waals surface area (Å²) in [5, 5.41) is 3.62. The molecule has 0 bridgehead atoms. The molecule has 2 aliphatic heterocycles. The van der Waals surface area contributed by atoms with Gasteiger partial charge in [0.05, 0.1) is 44.3 Å². The minimum Gasteiger partial charge on any atom is -0.497 e. The van der Waals surface area contributed by atoms with Crippen LogP contribution in [0.5, 0.6) is 5.75 Å². The number of rotatable bonds is 5. The summed E-state index contributed by atoms with van der Waals surface area (Å²) in [6.07, 6.45) is 2.67. The fourth-order valence-electron chi connectivity index (χ4n) is 4.88. The van der Waals surface area contributed by atoms with Crippen LogP contribution in [-0.2, 0) is 11.2 Å². The number of anilines is 2. The van der Waals surface area contributed by atoms with Gasteiger partial charge in [-0.25, -0.2) is 9.78 Å². The highest BCUT2D eigenvalue weighted by molar-refractivity contribution is 5.88. The summed E-state index contributed by atoms with van der Waals surface area (Å²) in [6.45, 7) is 7.32. The molecule has 8 nitrogen and oxygen atoms in total. The van der Waals surface area contributed by atoms with E-state index in [1.54, 1.807) is 7.11 Å². The van der Waals surface area contributed by atoms with Crippen molar-refractivity contribution in [1.82, 2.24) is 14.5 Å². The molecule has 2 unspecified atom stereocenters. The first-order valence-electron chi connectivity index (χ1n) is 11.2. The van der Waals surface area contributed by atoms with Gasteiger partial charge in [0.15, 0.2) is 0 Å². The van der Waals surface area contributed by atoms with Gasteiger partial charge in [-0.1, -0.05) is 26.0 Å². The van der Waals surface area contributed by atoms with Gasteiger partial charge >= 0.3 is 5.69 Å². The molecule has 1 fully saturated rings. The van der Waals surface area contributed by atoms with Gasteiger partial charge < -0.3 is 19.7 Å². The molecule has 5 rings (SSSR count). The van der Waals surface area contributed by atoms with Crippen molar-refractivity contribution in [2.75, 3.05) is 43.6 Å². The maximum Gasteiger partial charge on any atom is 0.350 e. The number of methoxy groups -OCH3 is 1. The first kappa shape index (κ1) is 20.8. The Hall–Kier alpha value is -3.13. The maximum atomic E-state index is 13.1. The van der Waals surface area contributed by atoms with E-state index in [-0.39, 0.29) is 23.7 Å². The van der Waals surface area contributed by atoms with Crippen LogP contribution < -0.4 is 20.6 Å². The monoisotopic (exact) mass is 435 g/mol. The third kappa shape index (κ3) is 3.68. The van der Waals surface area contributed by atoms with E-state index in [0.717, 1.165) is 42.3 Å². The molecule has 2 atom stereocenters. The Morgan fingerprint density at radius 1 is 1.22 bits per heavy atom. The Bertz CT molecular complexity index is 1170. The summed E-state index contributed by atoms with van der Waals surface area (Å²) < 4.78 is 12.5. The number of hydrogen-bond acceptors (Lipinski definition) is 7. The van der Waals surface area contributed by atoms with Crippen LogP contribution in [0.2, 0.25) is 0 Å². The van der Waals surface area contributed by atoms with Crippen molar-refractivity contribution in [3.63, 3.8) is 0 Å². The van der Waals surface area contributed by atoms with Crippen molar-refractivity contribution in [1.29, 1.82) is 0 Å². The molecule has 1 saturated heterocycles. The van der Waals surface area contributed by atoms with Gasteiger partial charge in [0.25, 0.3) is 0 Å². The van der Waals surface area contributed by atoms with E-state index in [2.05, 4.69) is 41.2 Å². The Morgan fingerprint density at radius 3 is 2.66 bits per heavy atom. The average molecular weight is 436 g/mol. The van der Waals surface area contributed by atoms with Gasteiger partial charge in [-0.2, -0.15) is 4.98 Å². The number of fused-ring (bicyclic) bond motifs is 3. The zero-order chi connectivity index (χ0) is 22.2. The minimum absolute atomic E-state index is 0.00257. The summed E-state index contributed by atoms with van der Waals surface area (Å²) in [5.41, 5.74) is 3.31. The Balaban J connectivity index is 1.51. The quantitative estimate of drug-likeness (QED) is 0.660. The van der Waals surface area contributed by atoms with E-state index in [1.807, 2.05) is 29.0 Å². The summed E-state index contributed by atoms with van der Waals surface area (Å²) >= 11 is 0. The van der Waals surface area contributed by atoms with Crippen LogP contribution >= 0.6 is 0 Å². The predicted octanol–water partition coefficient (Wildman–Crippen LogP) is 2.87. The third-order valence-corrected chi connectivity index (χ3v) is 6.45. The average Bonchev–Trinajstić information content (AvgIpc) is 3.20. The highest BCUT2D eigenvalue weighted by atomic mass is 16.5. The SMILES string of the molecule is COc1ccc(CC2Nc3c4ncc(N5CCOCC5)cc4nc(=O)n3C2C(C)C)cc1. The van der Waals surface area contributed by atoms with Crippen LogP contribution in [0.4, 0.5) is 11.5 Å². The van der Waals surface area contributed by atoms with Gasteiger partial charge in [-0.3, -0.25) is 4.57 Å². The molecule has 0 saturated carbocycles. The van der Waals surface area contributed by atoms with Crippen molar-refractivity contribution in [2.45, 2.75) is 32.4 Å². The normalized spacial score (nSPS) is 20.4. The van der Waals surface area contributed by atoms with Crippen LogP contribution in [0.25, 0.3) is 11.0 Å². The molecule has 0 radical (unpaired) electrons. The zero-order valence-corrected chi connectivity index (χ0v) is 18.7. The topological polar surface area (TPSA) is 81.5 Å². The van der Waals surface area contributed by atoms with E-state index < -0.39 is 0 Å². The number of nitrogens with one attached hydrogen (secondary N) is 1. The minimum atomic E-state index is -0.225. The van der Waals surface area contributed by atoms with Crippen LogP contribution in [0, 0.1) is 5.92 Å². The van der Waals surface area contributed by atoms with Crippen molar-refractivity contribution in [2.24, 2.45) is 5.92 Å². The van der Waals surface area contributed by atoms with Gasteiger partial charge in [0.1, 0.15) is 22.6 Å². The van der Waals surface area contributed by atoms with Gasteiger partial charge in [0.2, 0.25) is 0 Å². The van der Waals surface area contributed by atoms with E-state index in [1.165, 1.54) is 5.56 Å². The van der Waals surface area contributed by atoms with Gasteiger partial charge in [-0.15, -0.1) is 0 Å². The number of nitrogens with zero attached hydrogens (tertiary/aromatic N) is 4. The highest BCUT2D eigenvalue weighted by Crippen LogP contribution is 2.37. The van der Waals surface area contributed by atoms with E-state index >= 15 is 0 Å². The molecule has 0 aliphatic carbocycles. The lowest BCUT2D eigenvalue weighted by Crippen LogP contribution is -2.36. The molecule has 32 heavy (non-hydrogen) atoms. The third-order valence-electron chi connectivity index (χ3n) is 6.45. The van der Waals surface area contributed by atoms with Crippen LogP contribution in [0.3, 0.4) is 0 Å². The number of hydrogen-bond donors (Lipinski definition) is 1. The molecular weight excluding hydrogens is 406 g/mol. The summed E-state index contributed by atoms with van der Waals surface area (Å²) in [7, 11) is 1.67. The second kappa shape index (κ2) is 8.43. The van der Waals surface area contributed by atoms with Gasteiger partial charge in [-0.05, 0) is 36.1 Å². The van der Waals surface area contributed by atoms with Crippen molar-refractivity contribution in [3.05, 3.63) is 52.6 Å². The molecule has 2 aliphatic rings. The molecule has 4 heterocycles. The smallest absolute Gasteiger partial charge is 0.350 e. The number of morpholine rings is 1.